The second-order valence-electron chi connectivity index (χ2n) is 4.84. The van der Waals surface area contributed by atoms with Crippen LogP contribution in [0.15, 0.2) is 24.8 Å². The van der Waals surface area contributed by atoms with Gasteiger partial charge in [0.2, 0.25) is 0 Å². The summed E-state index contributed by atoms with van der Waals surface area (Å²) >= 11 is 0. The van der Waals surface area contributed by atoms with Crippen molar-refractivity contribution >= 4 is 5.52 Å². The molecule has 0 aliphatic carbocycles. The first-order valence-electron chi connectivity index (χ1n) is 6.96. The molecule has 2 rings (SSSR count). The maximum absolute atomic E-state index is 4.32. The molecule has 104 valence electrons. The lowest BCUT2D eigenvalue weighted by Crippen LogP contribution is -2.38. The van der Waals surface area contributed by atoms with Gasteiger partial charge in [0.05, 0.1) is 17.9 Å². The van der Waals surface area contributed by atoms with Crippen LogP contribution in [0.3, 0.4) is 0 Å². The molecule has 0 saturated heterocycles. The highest BCUT2D eigenvalue weighted by molar-refractivity contribution is 5.51. The van der Waals surface area contributed by atoms with Crippen LogP contribution in [0, 0.1) is 0 Å². The van der Waals surface area contributed by atoms with Gasteiger partial charge < -0.3 is 10.2 Å². The summed E-state index contributed by atoms with van der Waals surface area (Å²) in [6.45, 7) is 10.7. The van der Waals surface area contributed by atoms with Gasteiger partial charge in [-0.15, -0.1) is 0 Å². The van der Waals surface area contributed by atoms with E-state index in [0.29, 0.717) is 6.04 Å². The van der Waals surface area contributed by atoms with E-state index in [0.717, 1.165) is 31.7 Å². The van der Waals surface area contributed by atoms with E-state index >= 15 is 0 Å². The minimum absolute atomic E-state index is 0.464. The Labute approximate surface area is 114 Å². The zero-order chi connectivity index (χ0) is 13.7. The number of nitrogens with zero attached hydrogens (tertiary/aromatic N) is 4. The Kier molecular flexibility index (Phi) is 4.87. The van der Waals surface area contributed by atoms with Crippen molar-refractivity contribution in [3.63, 3.8) is 0 Å². The van der Waals surface area contributed by atoms with E-state index in [4.69, 9.17) is 0 Å². The second kappa shape index (κ2) is 6.63. The van der Waals surface area contributed by atoms with Gasteiger partial charge in [0.25, 0.3) is 0 Å². The quantitative estimate of drug-likeness (QED) is 0.821. The average Bonchev–Trinajstić information content (AvgIpc) is 2.86. The van der Waals surface area contributed by atoms with Crippen LogP contribution in [0.1, 0.15) is 26.3 Å². The molecular weight excluding hydrogens is 238 g/mol. The standard InChI is InChI=1S/C14H23N5/c1-4-18(5-2)11-12(3)16-8-13-9-17-19-7-6-15-10-14(13)19/h6-7,9-10,12,16H,4-5,8,11H2,1-3H3. The molecular formula is C14H23N5. The van der Waals surface area contributed by atoms with Crippen molar-refractivity contribution in [1.82, 2.24) is 24.8 Å². The zero-order valence-corrected chi connectivity index (χ0v) is 12.0. The van der Waals surface area contributed by atoms with Gasteiger partial charge in [-0.3, -0.25) is 4.98 Å². The fourth-order valence-electron chi connectivity index (χ4n) is 2.24. The smallest absolute Gasteiger partial charge is 0.0889 e. The van der Waals surface area contributed by atoms with Gasteiger partial charge in [0.1, 0.15) is 0 Å². The number of aromatic nitrogens is 3. The van der Waals surface area contributed by atoms with Gasteiger partial charge >= 0.3 is 0 Å². The number of hydrogen-bond acceptors (Lipinski definition) is 4. The molecule has 0 radical (unpaired) electrons. The molecule has 1 unspecified atom stereocenters. The number of fused-ring (bicyclic) bond motifs is 1. The van der Waals surface area contributed by atoms with Crippen molar-refractivity contribution in [3.8, 4) is 0 Å². The molecule has 1 N–H and O–H groups in total. The molecule has 0 bridgehead atoms. The number of hydrogen-bond donors (Lipinski definition) is 1. The molecule has 0 spiro atoms. The van der Waals surface area contributed by atoms with Crippen LogP contribution < -0.4 is 5.32 Å². The van der Waals surface area contributed by atoms with Crippen molar-refractivity contribution in [2.75, 3.05) is 19.6 Å². The van der Waals surface area contributed by atoms with Crippen LogP contribution in [-0.4, -0.2) is 45.2 Å². The summed E-state index contributed by atoms with van der Waals surface area (Å²) in [4.78, 5) is 6.58. The van der Waals surface area contributed by atoms with Crippen LogP contribution in [0.4, 0.5) is 0 Å². The lowest BCUT2D eigenvalue weighted by Gasteiger charge is -2.23. The van der Waals surface area contributed by atoms with E-state index in [1.165, 1.54) is 5.56 Å². The molecule has 2 heterocycles. The topological polar surface area (TPSA) is 45.5 Å². The molecule has 2 aromatic rings. The lowest BCUT2D eigenvalue weighted by atomic mass is 10.2. The van der Waals surface area contributed by atoms with E-state index < -0.39 is 0 Å². The van der Waals surface area contributed by atoms with E-state index in [9.17, 15) is 0 Å². The molecule has 5 nitrogen and oxygen atoms in total. The third kappa shape index (κ3) is 3.52. The molecule has 0 aliphatic rings. The molecule has 0 fully saturated rings. The van der Waals surface area contributed by atoms with Gasteiger partial charge in [-0.1, -0.05) is 13.8 Å². The summed E-state index contributed by atoms with van der Waals surface area (Å²) in [7, 11) is 0. The predicted octanol–water partition coefficient (Wildman–Crippen LogP) is 1.55. The Morgan fingerprint density at radius 3 is 2.84 bits per heavy atom. The van der Waals surface area contributed by atoms with E-state index in [1.807, 2.05) is 23.1 Å². The normalized spacial score (nSPS) is 13.3. The van der Waals surface area contributed by atoms with Crippen LogP contribution >= 0.6 is 0 Å². The highest BCUT2D eigenvalue weighted by Crippen LogP contribution is 2.08. The largest absolute Gasteiger partial charge is 0.309 e. The van der Waals surface area contributed by atoms with Crippen molar-refractivity contribution < 1.29 is 0 Å². The SMILES string of the molecule is CCN(CC)CC(C)NCc1cnn2ccncc12. The van der Waals surface area contributed by atoms with Gasteiger partial charge in [0.15, 0.2) is 0 Å². The molecule has 19 heavy (non-hydrogen) atoms. The highest BCUT2D eigenvalue weighted by atomic mass is 15.2. The van der Waals surface area contributed by atoms with Crippen molar-refractivity contribution in [2.45, 2.75) is 33.4 Å². The molecule has 0 amide bonds. The molecule has 0 aromatic carbocycles. The fraction of sp³-hybridized carbons (Fsp3) is 0.571. The Balaban J connectivity index is 1.91. The predicted molar refractivity (Wildman–Crippen MR) is 77.1 cm³/mol. The van der Waals surface area contributed by atoms with E-state index in [2.05, 4.69) is 41.1 Å². The van der Waals surface area contributed by atoms with Gasteiger partial charge in [-0.2, -0.15) is 5.10 Å². The van der Waals surface area contributed by atoms with Crippen LogP contribution in [0.2, 0.25) is 0 Å². The zero-order valence-electron chi connectivity index (χ0n) is 12.0. The Bertz CT molecular complexity index is 503. The highest BCUT2D eigenvalue weighted by Gasteiger charge is 2.08. The molecule has 5 heteroatoms. The fourth-order valence-corrected chi connectivity index (χ4v) is 2.24. The Hall–Kier alpha value is -1.46. The summed E-state index contributed by atoms with van der Waals surface area (Å²) in [5.41, 5.74) is 2.27. The van der Waals surface area contributed by atoms with Crippen molar-refractivity contribution in [2.24, 2.45) is 0 Å². The maximum atomic E-state index is 4.32. The van der Waals surface area contributed by atoms with E-state index in [-0.39, 0.29) is 0 Å². The Morgan fingerprint density at radius 1 is 1.32 bits per heavy atom. The number of rotatable bonds is 7. The number of nitrogens with one attached hydrogen (secondary N) is 1. The lowest BCUT2D eigenvalue weighted by molar-refractivity contribution is 0.271. The first kappa shape index (κ1) is 14.0. The molecule has 1 atom stereocenters. The maximum Gasteiger partial charge on any atom is 0.0889 e. The summed E-state index contributed by atoms with van der Waals surface area (Å²) in [6, 6.07) is 0.464. The minimum atomic E-state index is 0.464. The summed E-state index contributed by atoms with van der Waals surface area (Å²) < 4.78 is 1.86. The van der Waals surface area contributed by atoms with Gasteiger partial charge in [0, 0.05) is 37.1 Å². The average molecular weight is 261 g/mol. The van der Waals surface area contributed by atoms with Crippen molar-refractivity contribution in [1.29, 1.82) is 0 Å². The van der Waals surface area contributed by atoms with E-state index in [1.54, 1.807) is 6.20 Å². The second-order valence-corrected chi connectivity index (χ2v) is 4.84. The monoisotopic (exact) mass is 261 g/mol. The number of likely N-dealkylation sites (N-methyl/N-ethyl adjacent to an activating group) is 1. The summed E-state index contributed by atoms with van der Waals surface area (Å²) in [5, 5.41) is 7.87. The van der Waals surface area contributed by atoms with Gasteiger partial charge in [-0.25, -0.2) is 4.52 Å². The van der Waals surface area contributed by atoms with Crippen LogP contribution in [-0.2, 0) is 6.54 Å². The molecule has 0 saturated carbocycles. The summed E-state index contributed by atoms with van der Waals surface area (Å²) in [6.07, 6.45) is 7.39. The molecule has 2 aromatic heterocycles. The van der Waals surface area contributed by atoms with Crippen LogP contribution in [0.5, 0.6) is 0 Å². The third-order valence-electron chi connectivity index (χ3n) is 3.47. The van der Waals surface area contributed by atoms with Crippen molar-refractivity contribution in [3.05, 3.63) is 30.4 Å². The minimum Gasteiger partial charge on any atom is -0.309 e. The van der Waals surface area contributed by atoms with Crippen LogP contribution in [0.25, 0.3) is 5.52 Å². The summed E-state index contributed by atoms with van der Waals surface area (Å²) in [5.74, 6) is 0. The first-order chi connectivity index (χ1) is 9.24. The van der Waals surface area contributed by atoms with Gasteiger partial charge in [-0.05, 0) is 20.0 Å². The Morgan fingerprint density at radius 2 is 2.11 bits per heavy atom. The molecule has 0 aliphatic heterocycles. The third-order valence-corrected chi connectivity index (χ3v) is 3.47. The first-order valence-corrected chi connectivity index (χ1v) is 6.96.